The highest BCUT2D eigenvalue weighted by Gasteiger charge is 2.24. The van der Waals surface area contributed by atoms with E-state index in [1.807, 2.05) is 11.3 Å². The number of piperazine rings is 1. The van der Waals surface area contributed by atoms with Crippen molar-refractivity contribution in [1.29, 1.82) is 0 Å². The zero-order valence-electron chi connectivity index (χ0n) is 9.63. The maximum atomic E-state index is 3.42. The number of nitrogens with zero attached hydrogens (tertiary/aromatic N) is 1. The Balaban J connectivity index is 1.91. The molecule has 0 unspecified atom stereocenters. The molecule has 90 valence electrons. The molecule has 3 heterocycles. The lowest BCUT2D eigenvalue weighted by atomic mass is 10.1. The number of nitrogens with one attached hydrogen (secondary N) is 1. The molecule has 17 heavy (non-hydrogen) atoms. The molecule has 4 heteroatoms. The van der Waals surface area contributed by atoms with Crippen LogP contribution in [0.3, 0.4) is 0 Å². The lowest BCUT2D eigenvalue weighted by Gasteiger charge is -2.34. The average Bonchev–Trinajstić information content (AvgIpc) is 3.04. The molecule has 0 aromatic carbocycles. The minimum absolute atomic E-state index is 0.461. The Labute approximate surface area is 110 Å². The molecule has 0 radical (unpaired) electrons. The van der Waals surface area contributed by atoms with Gasteiger partial charge in [0.25, 0.3) is 0 Å². The molecule has 1 aliphatic rings. The first-order valence-corrected chi connectivity index (χ1v) is 7.77. The van der Waals surface area contributed by atoms with Crippen molar-refractivity contribution in [2.24, 2.45) is 0 Å². The van der Waals surface area contributed by atoms with E-state index in [2.05, 4.69) is 44.6 Å². The zero-order chi connectivity index (χ0) is 11.5. The van der Waals surface area contributed by atoms with E-state index in [1.165, 1.54) is 10.4 Å². The number of rotatable bonds is 3. The van der Waals surface area contributed by atoms with Crippen molar-refractivity contribution in [3.05, 3.63) is 44.8 Å². The molecule has 0 bridgehead atoms. The van der Waals surface area contributed by atoms with E-state index in [0.717, 1.165) is 26.2 Å². The normalized spacial score (nSPS) is 19.3. The molecule has 1 N–H and O–H groups in total. The summed E-state index contributed by atoms with van der Waals surface area (Å²) in [6.45, 7) is 4.48. The summed E-state index contributed by atoms with van der Waals surface area (Å²) in [5.41, 5.74) is 1.44. The third-order valence-corrected chi connectivity index (χ3v) is 4.81. The fraction of sp³-hybridized carbons (Fsp3) is 0.385. The Kier molecular flexibility index (Phi) is 3.57. The van der Waals surface area contributed by atoms with Crippen LogP contribution in [0.5, 0.6) is 0 Å². The first-order chi connectivity index (χ1) is 8.45. The molecule has 0 amide bonds. The predicted molar refractivity (Wildman–Crippen MR) is 74.9 cm³/mol. The third kappa shape index (κ3) is 2.45. The summed E-state index contributed by atoms with van der Waals surface area (Å²) in [5.74, 6) is 0. The van der Waals surface area contributed by atoms with Gasteiger partial charge in [0.15, 0.2) is 0 Å². The molecule has 2 aromatic heterocycles. The van der Waals surface area contributed by atoms with Crippen molar-refractivity contribution in [2.45, 2.75) is 6.04 Å². The standard InChI is InChI=1S/C13H16N2S2/c1-2-12(17-8-1)13(11-3-9-16-10-11)15-6-4-14-5-7-15/h1-3,8-10,13-14H,4-7H2/t13-/m1/s1. The molecule has 1 fully saturated rings. The Morgan fingerprint density at radius 2 is 2.06 bits per heavy atom. The van der Waals surface area contributed by atoms with Gasteiger partial charge >= 0.3 is 0 Å². The summed E-state index contributed by atoms with van der Waals surface area (Å²) in [5, 5.41) is 10.1. The van der Waals surface area contributed by atoms with Gasteiger partial charge in [-0.3, -0.25) is 4.90 Å². The lowest BCUT2D eigenvalue weighted by Crippen LogP contribution is -2.45. The number of hydrogen-bond donors (Lipinski definition) is 1. The van der Waals surface area contributed by atoms with E-state index < -0.39 is 0 Å². The fourth-order valence-electron chi connectivity index (χ4n) is 2.37. The van der Waals surface area contributed by atoms with E-state index in [1.54, 1.807) is 11.3 Å². The van der Waals surface area contributed by atoms with Gasteiger partial charge < -0.3 is 5.32 Å². The quantitative estimate of drug-likeness (QED) is 0.917. The maximum Gasteiger partial charge on any atom is 0.0705 e. The van der Waals surface area contributed by atoms with Crippen LogP contribution in [0.15, 0.2) is 34.3 Å². The van der Waals surface area contributed by atoms with E-state index in [0.29, 0.717) is 6.04 Å². The second kappa shape index (κ2) is 5.31. The van der Waals surface area contributed by atoms with Gasteiger partial charge in [-0.25, -0.2) is 0 Å². The van der Waals surface area contributed by atoms with Crippen molar-refractivity contribution >= 4 is 22.7 Å². The average molecular weight is 264 g/mol. The summed E-state index contributed by atoms with van der Waals surface area (Å²) < 4.78 is 0. The van der Waals surface area contributed by atoms with Crippen LogP contribution >= 0.6 is 22.7 Å². The van der Waals surface area contributed by atoms with E-state index in [9.17, 15) is 0 Å². The molecule has 3 rings (SSSR count). The van der Waals surface area contributed by atoms with Gasteiger partial charge in [0, 0.05) is 31.1 Å². The number of thiophene rings is 2. The summed E-state index contributed by atoms with van der Waals surface area (Å²) in [7, 11) is 0. The van der Waals surface area contributed by atoms with Gasteiger partial charge in [-0.15, -0.1) is 11.3 Å². The Bertz CT molecular complexity index is 396. The van der Waals surface area contributed by atoms with Gasteiger partial charge in [0.1, 0.15) is 0 Å². The largest absolute Gasteiger partial charge is 0.314 e. The first-order valence-electron chi connectivity index (χ1n) is 5.95. The van der Waals surface area contributed by atoms with Crippen molar-refractivity contribution in [3.63, 3.8) is 0 Å². The molecule has 1 atom stereocenters. The van der Waals surface area contributed by atoms with Crippen LogP contribution in [0.2, 0.25) is 0 Å². The smallest absolute Gasteiger partial charge is 0.0705 e. The molecule has 2 aromatic rings. The van der Waals surface area contributed by atoms with Crippen molar-refractivity contribution in [1.82, 2.24) is 10.2 Å². The summed E-state index contributed by atoms with van der Waals surface area (Å²) in [6.07, 6.45) is 0. The highest BCUT2D eigenvalue weighted by Crippen LogP contribution is 2.32. The summed E-state index contributed by atoms with van der Waals surface area (Å²) in [6, 6.07) is 7.14. The Morgan fingerprint density at radius 1 is 1.18 bits per heavy atom. The molecular formula is C13H16N2S2. The third-order valence-electron chi connectivity index (χ3n) is 3.19. The van der Waals surface area contributed by atoms with Crippen LogP contribution in [-0.4, -0.2) is 31.1 Å². The summed E-state index contributed by atoms with van der Waals surface area (Å²) >= 11 is 3.66. The first kappa shape index (κ1) is 11.4. The van der Waals surface area contributed by atoms with Gasteiger partial charge in [-0.1, -0.05) is 6.07 Å². The number of hydrogen-bond acceptors (Lipinski definition) is 4. The van der Waals surface area contributed by atoms with Gasteiger partial charge in [0.05, 0.1) is 6.04 Å². The van der Waals surface area contributed by atoms with Crippen molar-refractivity contribution in [2.75, 3.05) is 26.2 Å². The molecule has 0 spiro atoms. The SMILES string of the molecule is c1csc([C@@H](c2ccsc2)N2CCNCC2)c1. The van der Waals surface area contributed by atoms with Crippen LogP contribution in [0, 0.1) is 0 Å². The second-order valence-corrected chi connectivity index (χ2v) is 6.02. The molecular weight excluding hydrogens is 248 g/mol. The minimum atomic E-state index is 0.461. The van der Waals surface area contributed by atoms with E-state index in [-0.39, 0.29) is 0 Å². The van der Waals surface area contributed by atoms with Gasteiger partial charge in [-0.05, 0) is 33.8 Å². The molecule has 0 saturated carbocycles. The van der Waals surface area contributed by atoms with Gasteiger partial charge in [0.2, 0.25) is 0 Å². The molecule has 0 aliphatic carbocycles. The topological polar surface area (TPSA) is 15.3 Å². The molecule has 1 aliphatic heterocycles. The van der Waals surface area contributed by atoms with Crippen LogP contribution in [0.25, 0.3) is 0 Å². The maximum absolute atomic E-state index is 3.42. The lowest BCUT2D eigenvalue weighted by molar-refractivity contribution is 0.201. The Morgan fingerprint density at radius 3 is 2.71 bits per heavy atom. The van der Waals surface area contributed by atoms with Crippen molar-refractivity contribution < 1.29 is 0 Å². The van der Waals surface area contributed by atoms with E-state index >= 15 is 0 Å². The van der Waals surface area contributed by atoms with Crippen LogP contribution in [-0.2, 0) is 0 Å². The Hall–Kier alpha value is -0.680. The van der Waals surface area contributed by atoms with Crippen LogP contribution in [0.1, 0.15) is 16.5 Å². The monoisotopic (exact) mass is 264 g/mol. The van der Waals surface area contributed by atoms with Crippen molar-refractivity contribution in [3.8, 4) is 0 Å². The minimum Gasteiger partial charge on any atom is -0.314 e. The molecule has 1 saturated heterocycles. The molecule has 2 nitrogen and oxygen atoms in total. The van der Waals surface area contributed by atoms with Crippen LogP contribution < -0.4 is 5.32 Å². The predicted octanol–water partition coefficient (Wildman–Crippen LogP) is 2.80. The van der Waals surface area contributed by atoms with Crippen LogP contribution in [0.4, 0.5) is 0 Å². The second-order valence-electron chi connectivity index (χ2n) is 4.26. The highest BCUT2D eigenvalue weighted by molar-refractivity contribution is 7.10. The fourth-order valence-corrected chi connectivity index (χ4v) is 3.94. The zero-order valence-corrected chi connectivity index (χ0v) is 11.3. The highest BCUT2D eigenvalue weighted by atomic mass is 32.1. The summed E-state index contributed by atoms with van der Waals surface area (Å²) in [4.78, 5) is 4.05. The van der Waals surface area contributed by atoms with E-state index in [4.69, 9.17) is 0 Å². The van der Waals surface area contributed by atoms with Gasteiger partial charge in [-0.2, -0.15) is 11.3 Å².